The third-order valence-corrected chi connectivity index (χ3v) is 7.09. The van der Waals surface area contributed by atoms with Crippen LogP contribution < -0.4 is 14.8 Å². The molecule has 1 N–H and O–H groups in total. The van der Waals surface area contributed by atoms with Gasteiger partial charge >= 0.3 is 0 Å². The van der Waals surface area contributed by atoms with Crippen LogP contribution in [0.2, 0.25) is 0 Å². The summed E-state index contributed by atoms with van der Waals surface area (Å²) in [5.41, 5.74) is 4.18. The number of aromatic nitrogens is 3. The van der Waals surface area contributed by atoms with E-state index in [-0.39, 0.29) is 18.7 Å². The maximum Gasteiger partial charge on any atom is 0.237 e. The molecule has 0 saturated carbocycles. The molecule has 1 atom stereocenters. The molecule has 0 spiro atoms. The lowest BCUT2D eigenvalue weighted by Crippen LogP contribution is -2.50. The average Bonchev–Trinajstić information content (AvgIpc) is 3.52. The molecular weight excluding hydrogens is 474 g/mol. The Morgan fingerprint density at radius 3 is 2.58 bits per heavy atom. The molecule has 6 rings (SSSR count). The van der Waals surface area contributed by atoms with Crippen molar-refractivity contribution >= 4 is 18.1 Å². The van der Waals surface area contributed by atoms with Gasteiger partial charge in [0.2, 0.25) is 17.5 Å². The zero-order valence-corrected chi connectivity index (χ0v) is 20.6. The summed E-state index contributed by atoms with van der Waals surface area (Å²) in [6.07, 6.45) is 0.636. The van der Waals surface area contributed by atoms with Gasteiger partial charge in [0.1, 0.15) is 0 Å². The summed E-state index contributed by atoms with van der Waals surface area (Å²) in [6, 6.07) is 23.6. The lowest BCUT2D eigenvalue weighted by Gasteiger charge is -2.35. The van der Waals surface area contributed by atoms with Crippen LogP contribution in [0.5, 0.6) is 11.5 Å². The second kappa shape index (κ2) is 9.25. The molecule has 8 nitrogen and oxygen atoms in total. The second-order valence-corrected chi connectivity index (χ2v) is 9.20. The van der Waals surface area contributed by atoms with Crippen LogP contribution in [0, 0.1) is 4.77 Å². The summed E-state index contributed by atoms with van der Waals surface area (Å²) in [5.74, 6) is 2.07. The zero-order chi connectivity index (χ0) is 24.6. The molecule has 0 aliphatic carbocycles. The van der Waals surface area contributed by atoms with Gasteiger partial charge in [-0.05, 0) is 60.1 Å². The predicted octanol–water partition coefficient (Wildman–Crippen LogP) is 3.93. The number of para-hydroxylation sites is 1. The number of rotatable bonds is 5. The molecular formula is C27H25N5O3S. The highest BCUT2D eigenvalue weighted by atomic mass is 32.1. The number of benzene rings is 3. The van der Waals surface area contributed by atoms with Crippen molar-refractivity contribution in [3.8, 4) is 28.6 Å². The van der Waals surface area contributed by atoms with E-state index in [4.69, 9.17) is 26.8 Å². The van der Waals surface area contributed by atoms with Crippen LogP contribution in [-0.4, -0.2) is 45.0 Å². The number of carbonyl (C=O) groups is 1. The Hall–Kier alpha value is -3.95. The summed E-state index contributed by atoms with van der Waals surface area (Å²) in [5, 5.41) is 7.78. The number of fused-ring (bicyclic) bond motifs is 2. The highest BCUT2D eigenvalue weighted by Crippen LogP contribution is 2.36. The van der Waals surface area contributed by atoms with Gasteiger partial charge in [0, 0.05) is 24.8 Å². The third kappa shape index (κ3) is 3.96. The molecule has 0 bridgehead atoms. The first-order valence-corrected chi connectivity index (χ1v) is 12.2. The standard InChI is InChI=1S/C27H25N5O3S/c1-28-26(33)22-13-18-7-5-6-8-20(18)15-30(22)16-31-27(36)32(21-9-3-2-4-10-21)25(29-31)19-11-12-23-24(14-19)35-17-34-23/h2-12,14,22H,13,15-17H2,1H3,(H,28,33)/t22-/m0/s1. The Morgan fingerprint density at radius 1 is 1.03 bits per heavy atom. The SMILES string of the molecule is CNC(=O)[C@@H]1Cc2ccccc2CN1Cn1nc(-c2ccc3c(c2)OCO3)n(-c2ccccc2)c1=S. The van der Waals surface area contributed by atoms with Crippen LogP contribution in [0.3, 0.4) is 0 Å². The van der Waals surface area contributed by atoms with Gasteiger partial charge in [-0.2, -0.15) is 0 Å². The first-order valence-electron chi connectivity index (χ1n) is 11.8. The van der Waals surface area contributed by atoms with Gasteiger partial charge in [-0.15, -0.1) is 5.10 Å². The minimum absolute atomic E-state index is 0.0190. The molecule has 0 fully saturated rings. The minimum atomic E-state index is -0.317. The molecule has 36 heavy (non-hydrogen) atoms. The predicted molar refractivity (Wildman–Crippen MR) is 137 cm³/mol. The summed E-state index contributed by atoms with van der Waals surface area (Å²) >= 11 is 5.95. The monoisotopic (exact) mass is 499 g/mol. The van der Waals surface area contributed by atoms with Gasteiger partial charge in [-0.25, -0.2) is 4.68 Å². The van der Waals surface area contributed by atoms with E-state index in [1.54, 1.807) is 11.7 Å². The largest absolute Gasteiger partial charge is 0.454 e. The average molecular weight is 500 g/mol. The Balaban J connectivity index is 1.43. The number of carbonyl (C=O) groups excluding carboxylic acids is 1. The van der Waals surface area contributed by atoms with Crippen LogP contribution in [-0.2, 0) is 24.4 Å². The molecule has 0 radical (unpaired) electrons. The number of nitrogens with one attached hydrogen (secondary N) is 1. The van der Waals surface area contributed by atoms with Crippen molar-refractivity contribution in [1.82, 2.24) is 24.6 Å². The Kier molecular flexibility index (Phi) is 5.79. The van der Waals surface area contributed by atoms with Gasteiger partial charge in [0.15, 0.2) is 17.3 Å². The van der Waals surface area contributed by atoms with Crippen LogP contribution in [0.1, 0.15) is 11.1 Å². The van der Waals surface area contributed by atoms with E-state index < -0.39 is 0 Å². The Bertz CT molecular complexity index is 1500. The fraction of sp³-hybridized carbons (Fsp3) is 0.222. The summed E-state index contributed by atoms with van der Waals surface area (Å²) in [6.45, 7) is 1.21. The van der Waals surface area contributed by atoms with Crippen LogP contribution in [0.25, 0.3) is 17.1 Å². The van der Waals surface area contributed by atoms with Crippen molar-refractivity contribution in [2.45, 2.75) is 25.7 Å². The van der Waals surface area contributed by atoms with Gasteiger partial charge in [0.05, 0.1) is 12.7 Å². The molecule has 4 aromatic rings. The number of hydrogen-bond donors (Lipinski definition) is 1. The van der Waals surface area contributed by atoms with Crippen molar-refractivity contribution in [1.29, 1.82) is 0 Å². The number of amides is 1. The maximum atomic E-state index is 12.8. The van der Waals surface area contributed by atoms with E-state index in [9.17, 15) is 4.79 Å². The van der Waals surface area contributed by atoms with E-state index >= 15 is 0 Å². The number of ether oxygens (including phenoxy) is 2. The fourth-order valence-electron chi connectivity index (χ4n) is 4.86. The van der Waals surface area contributed by atoms with Gasteiger partial charge < -0.3 is 14.8 Å². The highest BCUT2D eigenvalue weighted by Gasteiger charge is 2.32. The van der Waals surface area contributed by atoms with Crippen molar-refractivity contribution in [3.05, 3.63) is 88.7 Å². The third-order valence-electron chi connectivity index (χ3n) is 6.70. The van der Waals surface area contributed by atoms with E-state index in [1.807, 2.05) is 65.2 Å². The van der Waals surface area contributed by atoms with Crippen LogP contribution in [0.4, 0.5) is 0 Å². The lowest BCUT2D eigenvalue weighted by atomic mass is 9.94. The van der Waals surface area contributed by atoms with Gasteiger partial charge in [-0.1, -0.05) is 42.5 Å². The van der Waals surface area contributed by atoms with Crippen molar-refractivity contribution in [3.63, 3.8) is 0 Å². The Labute approximate surface area is 213 Å². The first-order chi connectivity index (χ1) is 17.6. The molecule has 2 aliphatic rings. The number of hydrogen-bond acceptors (Lipinski definition) is 6. The smallest absolute Gasteiger partial charge is 0.237 e. The normalized spacial score (nSPS) is 16.5. The molecule has 0 saturated heterocycles. The highest BCUT2D eigenvalue weighted by molar-refractivity contribution is 7.71. The van der Waals surface area contributed by atoms with Gasteiger partial charge in [-0.3, -0.25) is 14.3 Å². The van der Waals surface area contributed by atoms with E-state index in [2.05, 4.69) is 22.3 Å². The maximum absolute atomic E-state index is 12.8. The summed E-state index contributed by atoms with van der Waals surface area (Å²) in [4.78, 5) is 15.0. The van der Waals surface area contributed by atoms with Gasteiger partial charge in [0.25, 0.3) is 0 Å². The topological polar surface area (TPSA) is 73.6 Å². The van der Waals surface area contributed by atoms with Crippen molar-refractivity contribution in [2.75, 3.05) is 13.8 Å². The molecule has 9 heteroatoms. The molecule has 3 heterocycles. The van der Waals surface area contributed by atoms with E-state index in [1.165, 1.54) is 11.1 Å². The van der Waals surface area contributed by atoms with E-state index in [0.29, 0.717) is 41.7 Å². The number of nitrogens with zero attached hydrogens (tertiary/aromatic N) is 4. The molecule has 182 valence electrons. The van der Waals surface area contributed by atoms with Crippen LogP contribution >= 0.6 is 12.2 Å². The fourth-order valence-corrected chi connectivity index (χ4v) is 5.15. The quantitative estimate of drug-likeness (QED) is 0.420. The van der Waals surface area contributed by atoms with E-state index in [0.717, 1.165) is 11.3 Å². The van der Waals surface area contributed by atoms with Crippen molar-refractivity contribution in [2.24, 2.45) is 0 Å². The zero-order valence-electron chi connectivity index (χ0n) is 19.8. The molecule has 1 amide bonds. The molecule has 2 aliphatic heterocycles. The molecule has 0 unspecified atom stereocenters. The lowest BCUT2D eigenvalue weighted by molar-refractivity contribution is -0.127. The van der Waals surface area contributed by atoms with Crippen LogP contribution in [0.15, 0.2) is 72.8 Å². The molecule has 1 aromatic heterocycles. The summed E-state index contributed by atoms with van der Waals surface area (Å²) < 4.78 is 15.4. The minimum Gasteiger partial charge on any atom is -0.454 e. The Morgan fingerprint density at radius 2 is 1.78 bits per heavy atom. The second-order valence-electron chi connectivity index (χ2n) is 8.84. The first kappa shape index (κ1) is 22.5. The van der Waals surface area contributed by atoms with Crippen molar-refractivity contribution < 1.29 is 14.3 Å². The number of likely N-dealkylation sites (N-methyl/N-ethyl adjacent to an activating group) is 1. The summed E-state index contributed by atoms with van der Waals surface area (Å²) in [7, 11) is 1.68. The molecule has 3 aromatic carbocycles.